The zero-order chi connectivity index (χ0) is 27.0. The third-order valence-corrected chi connectivity index (χ3v) is 7.77. The highest BCUT2D eigenvalue weighted by molar-refractivity contribution is 5.96. The SMILES string of the molecule is COCC1CN(c2cc3c(NC(C)c4cccc(C(F)(F)CO)c4C)nc(C)nc3c3c2CCC3)CCO1. The molecule has 7 nitrogen and oxygen atoms in total. The Morgan fingerprint density at radius 3 is 2.79 bits per heavy atom. The number of rotatable bonds is 8. The summed E-state index contributed by atoms with van der Waals surface area (Å²) in [5, 5.41) is 13.7. The van der Waals surface area contributed by atoms with Crippen molar-refractivity contribution in [1.29, 1.82) is 0 Å². The smallest absolute Gasteiger partial charge is 0.296 e. The topological polar surface area (TPSA) is 79.7 Å². The lowest BCUT2D eigenvalue weighted by Gasteiger charge is -2.35. The molecular weight excluding hydrogens is 490 g/mol. The summed E-state index contributed by atoms with van der Waals surface area (Å²) in [5.41, 5.74) is 5.81. The number of ether oxygens (including phenoxy) is 2. The lowest BCUT2D eigenvalue weighted by molar-refractivity contribution is -0.0561. The normalized spacial score (nSPS) is 18.6. The molecule has 1 aliphatic carbocycles. The quantitative estimate of drug-likeness (QED) is 0.435. The summed E-state index contributed by atoms with van der Waals surface area (Å²) in [5.74, 6) is -1.94. The van der Waals surface area contributed by atoms with E-state index in [9.17, 15) is 13.9 Å². The molecule has 1 saturated heterocycles. The Balaban J connectivity index is 1.56. The Hall–Kier alpha value is -2.88. The number of nitrogens with zero attached hydrogens (tertiary/aromatic N) is 3. The summed E-state index contributed by atoms with van der Waals surface area (Å²) < 4.78 is 40.0. The molecule has 2 N–H and O–H groups in total. The number of benzene rings is 2. The third kappa shape index (κ3) is 4.95. The van der Waals surface area contributed by atoms with Gasteiger partial charge in [-0.05, 0) is 68.4 Å². The van der Waals surface area contributed by atoms with E-state index in [1.807, 2.05) is 19.9 Å². The molecule has 0 radical (unpaired) electrons. The van der Waals surface area contributed by atoms with E-state index in [0.29, 0.717) is 30.4 Å². The lowest BCUT2D eigenvalue weighted by atomic mass is 9.94. The van der Waals surface area contributed by atoms with E-state index in [-0.39, 0.29) is 17.7 Å². The van der Waals surface area contributed by atoms with Crippen LogP contribution in [0, 0.1) is 13.8 Å². The van der Waals surface area contributed by atoms with Gasteiger partial charge < -0.3 is 24.8 Å². The molecule has 1 fully saturated rings. The molecule has 2 aliphatic rings. The van der Waals surface area contributed by atoms with Gasteiger partial charge in [0.25, 0.3) is 5.92 Å². The molecule has 0 saturated carbocycles. The third-order valence-electron chi connectivity index (χ3n) is 7.77. The summed E-state index contributed by atoms with van der Waals surface area (Å²) in [6.45, 7) is 7.02. The molecule has 1 aliphatic heterocycles. The maximum atomic E-state index is 14.4. The van der Waals surface area contributed by atoms with Gasteiger partial charge in [0.15, 0.2) is 0 Å². The van der Waals surface area contributed by atoms with Crippen LogP contribution in [0.4, 0.5) is 20.3 Å². The first-order valence-electron chi connectivity index (χ1n) is 13.3. The Kier molecular flexibility index (Phi) is 7.53. The highest BCUT2D eigenvalue weighted by atomic mass is 19.3. The van der Waals surface area contributed by atoms with Gasteiger partial charge in [0.1, 0.15) is 18.2 Å². The number of hydrogen-bond acceptors (Lipinski definition) is 7. The number of aromatic nitrogens is 2. The molecule has 5 rings (SSSR count). The van der Waals surface area contributed by atoms with Gasteiger partial charge in [0.05, 0.1) is 30.9 Å². The number of methoxy groups -OCH3 is 1. The van der Waals surface area contributed by atoms with Crippen LogP contribution in [0.25, 0.3) is 10.9 Å². The Labute approximate surface area is 222 Å². The van der Waals surface area contributed by atoms with Gasteiger partial charge in [-0.3, -0.25) is 0 Å². The first-order chi connectivity index (χ1) is 18.2. The van der Waals surface area contributed by atoms with Gasteiger partial charge >= 0.3 is 0 Å². The van der Waals surface area contributed by atoms with Crippen molar-refractivity contribution in [1.82, 2.24) is 9.97 Å². The minimum atomic E-state index is -3.30. The zero-order valence-corrected chi connectivity index (χ0v) is 22.5. The summed E-state index contributed by atoms with van der Waals surface area (Å²) in [4.78, 5) is 12.0. The minimum Gasteiger partial charge on any atom is -0.390 e. The Morgan fingerprint density at radius 2 is 2.03 bits per heavy atom. The van der Waals surface area contributed by atoms with Crippen molar-refractivity contribution < 1.29 is 23.4 Å². The van der Waals surface area contributed by atoms with E-state index in [0.717, 1.165) is 48.8 Å². The molecule has 38 heavy (non-hydrogen) atoms. The second-order valence-electron chi connectivity index (χ2n) is 10.4. The number of fused-ring (bicyclic) bond motifs is 3. The fourth-order valence-electron chi connectivity index (χ4n) is 5.96. The molecule has 2 atom stereocenters. The molecule has 0 spiro atoms. The summed E-state index contributed by atoms with van der Waals surface area (Å²) in [6.07, 6.45) is 3.08. The molecular formula is C29H36F2N4O3. The van der Waals surface area contributed by atoms with Crippen LogP contribution in [0.15, 0.2) is 24.3 Å². The van der Waals surface area contributed by atoms with Crippen LogP contribution in [0.2, 0.25) is 0 Å². The average Bonchev–Trinajstić information content (AvgIpc) is 3.39. The van der Waals surface area contributed by atoms with Crippen molar-refractivity contribution >= 4 is 22.4 Å². The van der Waals surface area contributed by atoms with Crippen LogP contribution >= 0.6 is 0 Å². The molecule has 2 aromatic carbocycles. The van der Waals surface area contributed by atoms with Gasteiger partial charge in [0.2, 0.25) is 0 Å². The van der Waals surface area contributed by atoms with Crippen LogP contribution in [0.3, 0.4) is 0 Å². The molecule has 1 aromatic heterocycles. The molecule has 9 heteroatoms. The summed E-state index contributed by atoms with van der Waals surface area (Å²) in [6, 6.07) is 6.72. The highest BCUT2D eigenvalue weighted by Crippen LogP contribution is 2.40. The molecule has 204 valence electrons. The van der Waals surface area contributed by atoms with Crippen LogP contribution < -0.4 is 10.2 Å². The molecule has 2 heterocycles. The summed E-state index contributed by atoms with van der Waals surface area (Å²) >= 11 is 0. The first kappa shape index (κ1) is 26.7. The van der Waals surface area contributed by atoms with Crippen LogP contribution in [-0.4, -0.2) is 61.2 Å². The number of aryl methyl sites for hydroxylation is 2. The Morgan fingerprint density at radius 1 is 1.24 bits per heavy atom. The number of morpholine rings is 1. The van der Waals surface area contributed by atoms with E-state index in [1.54, 1.807) is 20.1 Å². The van der Waals surface area contributed by atoms with Crippen molar-refractivity contribution in [2.24, 2.45) is 0 Å². The van der Waals surface area contributed by atoms with Crippen molar-refractivity contribution in [3.8, 4) is 0 Å². The van der Waals surface area contributed by atoms with Gasteiger partial charge in [-0.15, -0.1) is 0 Å². The fraction of sp³-hybridized carbons (Fsp3) is 0.517. The number of alkyl halides is 2. The Bertz CT molecular complexity index is 1330. The predicted octanol–water partition coefficient (Wildman–Crippen LogP) is 4.84. The van der Waals surface area contributed by atoms with Crippen LogP contribution in [0.1, 0.15) is 53.0 Å². The largest absolute Gasteiger partial charge is 0.390 e. The maximum absolute atomic E-state index is 14.4. The average molecular weight is 527 g/mol. The van der Waals surface area contributed by atoms with Gasteiger partial charge in [-0.25, -0.2) is 9.97 Å². The highest BCUT2D eigenvalue weighted by Gasteiger charge is 2.33. The predicted molar refractivity (Wildman–Crippen MR) is 144 cm³/mol. The lowest BCUT2D eigenvalue weighted by Crippen LogP contribution is -2.44. The van der Waals surface area contributed by atoms with Crippen molar-refractivity contribution in [2.75, 3.05) is 50.2 Å². The van der Waals surface area contributed by atoms with E-state index in [1.165, 1.54) is 22.9 Å². The van der Waals surface area contributed by atoms with E-state index < -0.39 is 12.5 Å². The molecule has 0 amide bonds. The maximum Gasteiger partial charge on any atom is 0.296 e. The second-order valence-corrected chi connectivity index (χ2v) is 10.4. The number of anilines is 2. The number of hydrogen-bond donors (Lipinski definition) is 2. The van der Waals surface area contributed by atoms with E-state index in [2.05, 4.69) is 16.3 Å². The minimum absolute atomic E-state index is 0.0145. The fourth-order valence-corrected chi connectivity index (χ4v) is 5.96. The molecule has 0 bridgehead atoms. The number of nitrogens with one attached hydrogen (secondary N) is 1. The summed E-state index contributed by atoms with van der Waals surface area (Å²) in [7, 11) is 1.69. The van der Waals surface area contributed by atoms with Gasteiger partial charge in [-0.2, -0.15) is 8.78 Å². The van der Waals surface area contributed by atoms with E-state index >= 15 is 0 Å². The molecule has 2 unspecified atom stereocenters. The molecule has 3 aromatic rings. The van der Waals surface area contributed by atoms with Crippen molar-refractivity contribution in [2.45, 2.75) is 58.1 Å². The number of aliphatic hydroxyl groups is 1. The standard InChI is InChI=1S/C29H36F2N4O3/c1-17-21(7-6-10-25(17)29(30,31)16-36)18(2)32-28-24-13-26(35-11-12-38-20(14-35)15-37-4)22-8-5-9-23(22)27(24)33-19(3)34-28/h6-7,10,13,18,20,36H,5,8-9,11-12,14-16H2,1-4H3,(H,32,33,34). The monoisotopic (exact) mass is 526 g/mol. The zero-order valence-electron chi connectivity index (χ0n) is 22.5. The van der Waals surface area contributed by atoms with Crippen LogP contribution in [0.5, 0.6) is 0 Å². The van der Waals surface area contributed by atoms with Crippen LogP contribution in [-0.2, 0) is 28.2 Å². The second kappa shape index (κ2) is 10.7. The van der Waals surface area contributed by atoms with Gasteiger partial charge in [0, 0.05) is 36.8 Å². The van der Waals surface area contributed by atoms with E-state index in [4.69, 9.17) is 19.4 Å². The number of aliphatic hydroxyl groups excluding tert-OH is 1. The van der Waals surface area contributed by atoms with Crippen molar-refractivity contribution in [3.05, 3.63) is 57.9 Å². The van der Waals surface area contributed by atoms with Crippen molar-refractivity contribution in [3.63, 3.8) is 0 Å². The van der Waals surface area contributed by atoms with Gasteiger partial charge in [-0.1, -0.05) is 18.2 Å². The number of halogens is 2. The first-order valence-corrected chi connectivity index (χ1v) is 13.3.